The number of aryl methyl sites for hydroxylation is 3. The highest BCUT2D eigenvalue weighted by Gasteiger charge is 2.31. The van der Waals surface area contributed by atoms with Gasteiger partial charge in [0.25, 0.3) is 5.91 Å². The van der Waals surface area contributed by atoms with Crippen molar-refractivity contribution in [2.24, 2.45) is 7.05 Å². The van der Waals surface area contributed by atoms with Gasteiger partial charge >= 0.3 is 0 Å². The summed E-state index contributed by atoms with van der Waals surface area (Å²) < 4.78 is 2.04. The summed E-state index contributed by atoms with van der Waals surface area (Å²) >= 11 is 0. The fourth-order valence-electron chi connectivity index (χ4n) is 4.07. The molecule has 1 N–H and O–H groups in total. The van der Waals surface area contributed by atoms with Crippen molar-refractivity contribution in [3.8, 4) is 0 Å². The number of imidazole rings is 1. The second-order valence-electron chi connectivity index (χ2n) is 7.32. The van der Waals surface area contributed by atoms with E-state index < -0.39 is 0 Å². The van der Waals surface area contributed by atoms with Crippen LogP contribution in [0.1, 0.15) is 70.5 Å². The third-order valence-corrected chi connectivity index (χ3v) is 5.51. The van der Waals surface area contributed by atoms with Crippen LogP contribution < -0.4 is 0 Å². The van der Waals surface area contributed by atoms with E-state index in [1.807, 2.05) is 42.8 Å². The van der Waals surface area contributed by atoms with E-state index in [9.17, 15) is 9.59 Å². The molecule has 2 aromatic rings. The van der Waals surface area contributed by atoms with E-state index >= 15 is 0 Å². The Balaban J connectivity index is 1.80. The first-order valence-corrected chi connectivity index (χ1v) is 9.37. The molecular formula is C20H28N4O2. The number of rotatable bonds is 5. The Kier molecular flexibility index (Phi) is 5.30. The van der Waals surface area contributed by atoms with E-state index in [0.29, 0.717) is 11.3 Å². The third kappa shape index (κ3) is 3.45. The molecule has 6 nitrogen and oxygen atoms in total. The standard InChI is InChI=1S/C20H28N4O2/c1-13-18(14(2)22-19(13)15(3)25)20(26)24-11-6-5-7-16(24)8-9-17-21-10-12-23(17)4/h10,12,16,22H,5-9,11H2,1-4H3. The number of nitrogens with one attached hydrogen (secondary N) is 1. The molecule has 0 bridgehead atoms. The minimum atomic E-state index is -0.0328. The largest absolute Gasteiger partial charge is 0.355 e. The lowest BCUT2D eigenvalue weighted by atomic mass is 9.96. The van der Waals surface area contributed by atoms with Crippen LogP contribution in [0.3, 0.4) is 0 Å². The van der Waals surface area contributed by atoms with E-state index in [2.05, 4.69) is 9.97 Å². The SMILES string of the molecule is CC(=O)c1[nH]c(C)c(C(=O)N2CCCCC2CCc2nccn2C)c1C. The van der Waals surface area contributed by atoms with Crippen molar-refractivity contribution < 1.29 is 9.59 Å². The normalized spacial score (nSPS) is 17.5. The molecule has 0 radical (unpaired) electrons. The van der Waals surface area contributed by atoms with E-state index in [4.69, 9.17) is 0 Å². The lowest BCUT2D eigenvalue weighted by Gasteiger charge is -2.36. The van der Waals surface area contributed by atoms with Gasteiger partial charge in [0.2, 0.25) is 0 Å². The second-order valence-corrected chi connectivity index (χ2v) is 7.32. The molecule has 3 heterocycles. The predicted molar refractivity (Wildman–Crippen MR) is 100 cm³/mol. The third-order valence-electron chi connectivity index (χ3n) is 5.51. The Bertz CT molecular complexity index is 818. The highest BCUT2D eigenvalue weighted by molar-refractivity contribution is 6.02. The van der Waals surface area contributed by atoms with Crippen LogP contribution in [0.2, 0.25) is 0 Å². The van der Waals surface area contributed by atoms with Gasteiger partial charge in [-0.2, -0.15) is 0 Å². The maximum Gasteiger partial charge on any atom is 0.256 e. The molecule has 1 saturated heterocycles. The van der Waals surface area contributed by atoms with Gasteiger partial charge in [-0.3, -0.25) is 9.59 Å². The zero-order chi connectivity index (χ0) is 18.8. The Morgan fingerprint density at radius 1 is 1.31 bits per heavy atom. The maximum absolute atomic E-state index is 13.3. The number of Topliss-reactive ketones (excluding diaryl/α,β-unsaturated/α-hetero) is 1. The van der Waals surface area contributed by atoms with Crippen molar-refractivity contribution in [2.45, 2.75) is 58.9 Å². The van der Waals surface area contributed by atoms with Gasteiger partial charge < -0.3 is 14.5 Å². The van der Waals surface area contributed by atoms with Crippen LogP contribution in [0.4, 0.5) is 0 Å². The molecule has 3 rings (SSSR count). The summed E-state index contributed by atoms with van der Waals surface area (Å²) in [6.45, 7) is 6.05. The minimum absolute atomic E-state index is 0.0328. The predicted octanol–water partition coefficient (Wildman–Crippen LogP) is 3.20. The highest BCUT2D eigenvalue weighted by atomic mass is 16.2. The fourth-order valence-corrected chi connectivity index (χ4v) is 4.07. The zero-order valence-electron chi connectivity index (χ0n) is 16.1. The summed E-state index contributed by atoms with van der Waals surface area (Å²) in [7, 11) is 2.00. The fraction of sp³-hybridized carbons (Fsp3) is 0.550. The molecule has 140 valence electrons. The molecule has 6 heteroatoms. The van der Waals surface area contributed by atoms with E-state index in [1.165, 1.54) is 6.92 Å². The number of amides is 1. The van der Waals surface area contributed by atoms with Crippen molar-refractivity contribution >= 4 is 11.7 Å². The molecule has 0 saturated carbocycles. The smallest absolute Gasteiger partial charge is 0.256 e. The molecule has 0 aliphatic carbocycles. The number of nitrogens with zero attached hydrogens (tertiary/aromatic N) is 3. The molecule has 1 aliphatic rings. The zero-order valence-corrected chi connectivity index (χ0v) is 16.1. The number of likely N-dealkylation sites (tertiary alicyclic amines) is 1. The number of hydrogen-bond acceptors (Lipinski definition) is 3. The Morgan fingerprint density at radius 3 is 2.69 bits per heavy atom. The number of piperidine rings is 1. The summed E-state index contributed by atoms with van der Waals surface area (Å²) in [5, 5.41) is 0. The van der Waals surface area contributed by atoms with Crippen molar-refractivity contribution in [2.75, 3.05) is 6.54 Å². The molecule has 1 amide bonds. The molecule has 2 aromatic heterocycles. The molecule has 1 fully saturated rings. The number of hydrogen-bond donors (Lipinski definition) is 1. The summed E-state index contributed by atoms with van der Waals surface area (Å²) in [5.41, 5.74) is 2.77. The number of aromatic amines is 1. The van der Waals surface area contributed by atoms with E-state index in [-0.39, 0.29) is 17.7 Å². The van der Waals surface area contributed by atoms with Gasteiger partial charge in [-0.05, 0) is 45.1 Å². The number of carbonyl (C=O) groups excluding carboxylic acids is 2. The van der Waals surface area contributed by atoms with Crippen LogP contribution in [-0.2, 0) is 13.5 Å². The van der Waals surface area contributed by atoms with Gasteiger partial charge in [0.15, 0.2) is 5.78 Å². The summed E-state index contributed by atoms with van der Waals surface area (Å²) in [6, 6.07) is 0.224. The molecule has 0 spiro atoms. The molecule has 1 aliphatic heterocycles. The van der Waals surface area contributed by atoms with Crippen molar-refractivity contribution in [3.05, 3.63) is 40.7 Å². The van der Waals surface area contributed by atoms with Crippen LogP contribution in [0, 0.1) is 13.8 Å². The van der Waals surface area contributed by atoms with Gasteiger partial charge in [-0.15, -0.1) is 0 Å². The number of ketones is 1. The molecule has 0 aromatic carbocycles. The minimum Gasteiger partial charge on any atom is -0.355 e. The summed E-state index contributed by atoms with van der Waals surface area (Å²) in [5.74, 6) is 1.07. The Labute approximate surface area is 154 Å². The monoisotopic (exact) mass is 356 g/mol. The quantitative estimate of drug-likeness (QED) is 0.836. The number of H-pyrrole nitrogens is 1. The first kappa shape index (κ1) is 18.4. The maximum atomic E-state index is 13.3. The van der Waals surface area contributed by atoms with Gasteiger partial charge in [-0.25, -0.2) is 4.98 Å². The first-order valence-electron chi connectivity index (χ1n) is 9.37. The average molecular weight is 356 g/mol. The van der Waals surface area contributed by atoms with Gasteiger partial charge in [0.05, 0.1) is 11.3 Å². The van der Waals surface area contributed by atoms with Crippen LogP contribution in [-0.4, -0.2) is 43.7 Å². The van der Waals surface area contributed by atoms with Crippen molar-refractivity contribution in [3.63, 3.8) is 0 Å². The van der Waals surface area contributed by atoms with E-state index in [1.54, 1.807) is 0 Å². The van der Waals surface area contributed by atoms with Crippen molar-refractivity contribution in [1.82, 2.24) is 19.4 Å². The van der Waals surface area contributed by atoms with Crippen LogP contribution in [0.5, 0.6) is 0 Å². The van der Waals surface area contributed by atoms with Gasteiger partial charge in [-0.1, -0.05) is 0 Å². The number of carbonyl (C=O) groups is 2. The van der Waals surface area contributed by atoms with Gasteiger partial charge in [0, 0.05) is 51.1 Å². The molecule has 26 heavy (non-hydrogen) atoms. The first-order chi connectivity index (χ1) is 12.4. The second kappa shape index (κ2) is 7.48. The van der Waals surface area contributed by atoms with Crippen LogP contribution >= 0.6 is 0 Å². The topological polar surface area (TPSA) is 71.0 Å². The average Bonchev–Trinajstić information content (AvgIpc) is 3.15. The summed E-state index contributed by atoms with van der Waals surface area (Å²) in [4.78, 5) is 34.6. The number of aromatic nitrogens is 3. The molecule has 1 atom stereocenters. The van der Waals surface area contributed by atoms with E-state index in [0.717, 1.165) is 55.7 Å². The van der Waals surface area contributed by atoms with Crippen molar-refractivity contribution in [1.29, 1.82) is 0 Å². The summed E-state index contributed by atoms with van der Waals surface area (Å²) in [6.07, 6.45) is 8.76. The molecule has 1 unspecified atom stereocenters. The van der Waals surface area contributed by atoms with Crippen LogP contribution in [0.25, 0.3) is 0 Å². The lowest BCUT2D eigenvalue weighted by Crippen LogP contribution is -2.44. The highest BCUT2D eigenvalue weighted by Crippen LogP contribution is 2.27. The molecular weight excluding hydrogens is 328 g/mol. The Hall–Kier alpha value is -2.37. The Morgan fingerprint density at radius 2 is 2.08 bits per heavy atom. The lowest BCUT2D eigenvalue weighted by molar-refractivity contribution is 0.0599. The van der Waals surface area contributed by atoms with Gasteiger partial charge in [0.1, 0.15) is 5.82 Å². The van der Waals surface area contributed by atoms with Crippen LogP contribution in [0.15, 0.2) is 12.4 Å².